The van der Waals surface area contributed by atoms with E-state index in [1.54, 1.807) is 12.1 Å². The average Bonchev–Trinajstić information content (AvgIpc) is 3.48. The maximum absolute atomic E-state index is 12.7. The standard InChI is InChI=1S/C20H19F3N2O3S/c21-20(22,23)16-3-1-2-14(12-16)6-11-19(26)24-13-15-4-9-18(10-5-15)29(27,28)25-17-7-8-17/h1-6,9-12,17,25H,7-8,13H2,(H,24,26)/b11-6+. The molecule has 1 saturated carbocycles. The Hall–Kier alpha value is -2.65. The summed E-state index contributed by atoms with van der Waals surface area (Å²) in [6.07, 6.45) is -0.313. The van der Waals surface area contributed by atoms with Crippen molar-refractivity contribution in [2.45, 2.75) is 36.5 Å². The van der Waals surface area contributed by atoms with Crippen LogP contribution in [0.1, 0.15) is 29.5 Å². The highest BCUT2D eigenvalue weighted by Gasteiger charge is 2.30. The van der Waals surface area contributed by atoms with Crippen molar-refractivity contribution in [2.75, 3.05) is 0 Å². The molecular formula is C20H19F3N2O3S. The number of hydrogen-bond acceptors (Lipinski definition) is 3. The number of carbonyl (C=O) groups is 1. The van der Waals surface area contributed by atoms with E-state index in [1.807, 2.05) is 0 Å². The quantitative estimate of drug-likeness (QED) is 0.669. The highest BCUT2D eigenvalue weighted by Crippen LogP contribution is 2.29. The lowest BCUT2D eigenvalue weighted by atomic mass is 10.1. The van der Waals surface area contributed by atoms with Crippen LogP contribution >= 0.6 is 0 Å². The molecule has 0 heterocycles. The number of hydrogen-bond donors (Lipinski definition) is 2. The molecular weight excluding hydrogens is 405 g/mol. The van der Waals surface area contributed by atoms with Gasteiger partial charge in [-0.1, -0.05) is 24.3 Å². The summed E-state index contributed by atoms with van der Waals surface area (Å²) in [6.45, 7) is 0.155. The van der Waals surface area contributed by atoms with Gasteiger partial charge in [-0.3, -0.25) is 4.79 Å². The summed E-state index contributed by atoms with van der Waals surface area (Å²) in [5.41, 5.74) is 0.162. The SMILES string of the molecule is O=C(/C=C/c1cccc(C(F)(F)F)c1)NCc1ccc(S(=O)(=O)NC2CC2)cc1. The molecule has 0 atom stereocenters. The summed E-state index contributed by atoms with van der Waals surface area (Å²) in [5, 5.41) is 2.60. The summed E-state index contributed by atoms with van der Waals surface area (Å²) in [4.78, 5) is 12.1. The lowest BCUT2D eigenvalue weighted by Crippen LogP contribution is -2.25. The van der Waals surface area contributed by atoms with Gasteiger partial charge in [0.2, 0.25) is 15.9 Å². The molecule has 0 aromatic heterocycles. The third-order valence-electron chi connectivity index (χ3n) is 4.24. The van der Waals surface area contributed by atoms with E-state index in [0.29, 0.717) is 5.56 Å². The van der Waals surface area contributed by atoms with Crippen molar-refractivity contribution in [1.82, 2.24) is 10.0 Å². The minimum atomic E-state index is -4.44. The number of sulfonamides is 1. The van der Waals surface area contributed by atoms with Crippen molar-refractivity contribution >= 4 is 22.0 Å². The minimum Gasteiger partial charge on any atom is -0.348 e. The molecule has 0 unspecified atom stereocenters. The van der Waals surface area contributed by atoms with Crippen molar-refractivity contribution < 1.29 is 26.4 Å². The first-order valence-corrected chi connectivity index (χ1v) is 10.4. The number of benzene rings is 2. The van der Waals surface area contributed by atoms with Gasteiger partial charge in [0.25, 0.3) is 0 Å². The van der Waals surface area contributed by atoms with Gasteiger partial charge < -0.3 is 5.32 Å². The van der Waals surface area contributed by atoms with Crippen molar-refractivity contribution in [2.24, 2.45) is 0 Å². The first-order valence-electron chi connectivity index (χ1n) is 8.88. The zero-order valence-electron chi connectivity index (χ0n) is 15.2. The number of halogens is 3. The maximum atomic E-state index is 12.7. The largest absolute Gasteiger partial charge is 0.416 e. The van der Waals surface area contributed by atoms with Crippen molar-refractivity contribution in [3.05, 3.63) is 71.3 Å². The highest BCUT2D eigenvalue weighted by molar-refractivity contribution is 7.89. The van der Waals surface area contributed by atoms with Gasteiger partial charge in [-0.25, -0.2) is 13.1 Å². The van der Waals surface area contributed by atoms with Gasteiger partial charge in [-0.05, 0) is 54.3 Å². The zero-order valence-corrected chi connectivity index (χ0v) is 16.1. The Labute approximate surface area is 166 Å². The predicted molar refractivity (Wildman–Crippen MR) is 102 cm³/mol. The Bertz CT molecular complexity index is 1010. The highest BCUT2D eigenvalue weighted by atomic mass is 32.2. The van der Waals surface area contributed by atoms with Crippen molar-refractivity contribution in [3.63, 3.8) is 0 Å². The smallest absolute Gasteiger partial charge is 0.348 e. The second-order valence-electron chi connectivity index (χ2n) is 6.71. The predicted octanol–water partition coefficient (Wildman–Crippen LogP) is 3.48. The molecule has 1 amide bonds. The summed E-state index contributed by atoms with van der Waals surface area (Å²) in [6, 6.07) is 10.8. The number of nitrogens with one attached hydrogen (secondary N) is 2. The van der Waals surface area contributed by atoms with Gasteiger partial charge in [0, 0.05) is 18.7 Å². The molecule has 0 spiro atoms. The topological polar surface area (TPSA) is 75.3 Å². The van der Waals surface area contributed by atoms with Gasteiger partial charge >= 0.3 is 6.18 Å². The molecule has 1 aliphatic carbocycles. The lowest BCUT2D eigenvalue weighted by Gasteiger charge is -2.07. The molecule has 2 aromatic rings. The fourth-order valence-corrected chi connectivity index (χ4v) is 3.82. The molecule has 3 rings (SSSR count). The van der Waals surface area contributed by atoms with Crippen LogP contribution in [-0.4, -0.2) is 20.4 Å². The van der Waals surface area contributed by atoms with Crippen molar-refractivity contribution in [1.29, 1.82) is 0 Å². The molecule has 5 nitrogen and oxygen atoms in total. The molecule has 2 N–H and O–H groups in total. The van der Waals surface area contributed by atoms with Crippen LogP contribution in [0.25, 0.3) is 6.08 Å². The Balaban J connectivity index is 1.54. The minimum absolute atomic E-state index is 0.0163. The number of alkyl halides is 3. The number of amides is 1. The summed E-state index contributed by atoms with van der Waals surface area (Å²) < 4.78 is 64.9. The fraction of sp³-hybridized carbons (Fsp3) is 0.250. The zero-order chi connectivity index (χ0) is 21.1. The number of rotatable bonds is 7. The van der Waals surface area contributed by atoms with Crippen molar-refractivity contribution in [3.8, 4) is 0 Å². The van der Waals surface area contributed by atoms with E-state index >= 15 is 0 Å². The van der Waals surface area contributed by atoms with Crippen LogP contribution in [0.2, 0.25) is 0 Å². The van der Waals surface area contributed by atoms with Gasteiger partial charge in [0.1, 0.15) is 0 Å². The van der Waals surface area contributed by atoms with Crippen LogP contribution < -0.4 is 10.0 Å². The Morgan fingerprint density at radius 3 is 2.41 bits per heavy atom. The number of carbonyl (C=O) groups excluding carboxylic acids is 1. The van der Waals surface area contributed by atoms with Crippen LogP contribution in [0, 0.1) is 0 Å². The maximum Gasteiger partial charge on any atom is 0.416 e. The Kier molecular flexibility index (Phi) is 6.09. The molecule has 1 aliphatic rings. The lowest BCUT2D eigenvalue weighted by molar-refractivity contribution is -0.137. The molecule has 0 aliphatic heterocycles. The second-order valence-corrected chi connectivity index (χ2v) is 8.43. The van der Waals surface area contributed by atoms with Gasteiger partial charge in [0.15, 0.2) is 0 Å². The first kappa shape index (κ1) is 21.1. The third kappa shape index (κ3) is 6.16. The average molecular weight is 424 g/mol. The van der Waals surface area contributed by atoms with Gasteiger partial charge in [-0.2, -0.15) is 13.2 Å². The van der Waals surface area contributed by atoms with E-state index in [1.165, 1.54) is 30.3 Å². The van der Waals surface area contributed by atoms with E-state index < -0.39 is 27.7 Å². The van der Waals surface area contributed by atoms with Crippen LogP contribution in [-0.2, 0) is 27.5 Å². The molecule has 9 heteroatoms. The molecule has 0 bridgehead atoms. The Morgan fingerprint density at radius 1 is 1.10 bits per heavy atom. The van der Waals surface area contributed by atoms with E-state index in [2.05, 4.69) is 10.0 Å². The molecule has 29 heavy (non-hydrogen) atoms. The molecule has 0 saturated heterocycles. The van der Waals surface area contributed by atoms with E-state index in [0.717, 1.165) is 31.1 Å². The molecule has 154 valence electrons. The van der Waals surface area contributed by atoms with Crippen LogP contribution in [0.15, 0.2) is 59.5 Å². The molecule has 1 fully saturated rings. The second kappa shape index (κ2) is 8.38. The monoisotopic (exact) mass is 424 g/mol. The van der Waals surface area contributed by atoms with E-state index in [-0.39, 0.29) is 23.0 Å². The summed E-state index contributed by atoms with van der Waals surface area (Å²) in [7, 11) is -3.53. The van der Waals surface area contributed by atoms with Gasteiger partial charge in [0.05, 0.1) is 10.5 Å². The van der Waals surface area contributed by atoms with E-state index in [9.17, 15) is 26.4 Å². The third-order valence-corrected chi connectivity index (χ3v) is 5.78. The molecule has 2 aromatic carbocycles. The van der Waals surface area contributed by atoms with Gasteiger partial charge in [-0.15, -0.1) is 0 Å². The van der Waals surface area contributed by atoms with Crippen LogP contribution in [0.5, 0.6) is 0 Å². The normalized spacial score (nSPS) is 14.9. The summed E-state index contributed by atoms with van der Waals surface area (Å²) >= 11 is 0. The Morgan fingerprint density at radius 2 is 1.79 bits per heavy atom. The van der Waals surface area contributed by atoms with Crippen LogP contribution in [0.4, 0.5) is 13.2 Å². The fourth-order valence-electron chi connectivity index (χ4n) is 2.51. The first-order chi connectivity index (χ1) is 13.6. The van der Waals surface area contributed by atoms with Crippen LogP contribution in [0.3, 0.4) is 0 Å². The summed E-state index contributed by atoms with van der Waals surface area (Å²) in [5.74, 6) is -0.477. The molecule has 0 radical (unpaired) electrons. The van der Waals surface area contributed by atoms with E-state index in [4.69, 9.17) is 0 Å².